The minimum atomic E-state index is -1.03. The Morgan fingerprint density at radius 3 is 2.40 bits per heavy atom. The zero-order valence-electron chi connectivity index (χ0n) is 10.8. The molecule has 0 aliphatic rings. The first-order valence-corrected chi connectivity index (χ1v) is 5.78. The Balaban J connectivity index is 2.55. The Hall–Kier alpha value is -2.30. The van der Waals surface area contributed by atoms with Gasteiger partial charge in [-0.25, -0.2) is 13.2 Å². The van der Waals surface area contributed by atoms with Crippen LogP contribution in [-0.2, 0) is 0 Å². The number of aryl methyl sites for hydroxylation is 1. The highest BCUT2D eigenvalue weighted by Crippen LogP contribution is 2.24. The number of ketones is 1. The van der Waals surface area contributed by atoms with Crippen LogP contribution in [0.15, 0.2) is 30.3 Å². The number of ether oxygens (including phenoxy) is 1. The fraction of sp³-hybridized carbons (Fsp3) is 0.133. The van der Waals surface area contributed by atoms with Gasteiger partial charge in [-0.1, -0.05) is 6.07 Å². The number of benzene rings is 2. The molecular formula is C15H11F3O2. The highest BCUT2D eigenvalue weighted by molar-refractivity contribution is 6.09. The Morgan fingerprint density at radius 1 is 1.05 bits per heavy atom. The van der Waals surface area contributed by atoms with E-state index in [0.29, 0.717) is 6.07 Å². The monoisotopic (exact) mass is 280 g/mol. The summed E-state index contributed by atoms with van der Waals surface area (Å²) in [6.07, 6.45) is 0. The molecule has 0 fully saturated rings. The smallest absolute Gasteiger partial charge is 0.199 e. The summed E-state index contributed by atoms with van der Waals surface area (Å²) in [7, 11) is 1.26. The summed E-state index contributed by atoms with van der Waals surface area (Å²) in [5.74, 6) is -3.64. The van der Waals surface area contributed by atoms with Gasteiger partial charge in [0.05, 0.1) is 18.2 Å². The van der Waals surface area contributed by atoms with Gasteiger partial charge in [-0.05, 0) is 30.7 Å². The maximum absolute atomic E-state index is 14.0. The largest absolute Gasteiger partial charge is 0.494 e. The molecule has 2 nitrogen and oxygen atoms in total. The van der Waals surface area contributed by atoms with E-state index in [1.54, 1.807) is 0 Å². The van der Waals surface area contributed by atoms with Crippen molar-refractivity contribution in [1.29, 1.82) is 0 Å². The van der Waals surface area contributed by atoms with Crippen molar-refractivity contribution in [3.63, 3.8) is 0 Å². The Labute approximate surface area is 113 Å². The van der Waals surface area contributed by atoms with Gasteiger partial charge < -0.3 is 4.74 Å². The zero-order chi connectivity index (χ0) is 14.9. The van der Waals surface area contributed by atoms with Crippen molar-refractivity contribution in [1.82, 2.24) is 0 Å². The molecule has 0 saturated heterocycles. The van der Waals surface area contributed by atoms with Gasteiger partial charge in [-0.15, -0.1) is 0 Å². The molecule has 0 N–H and O–H groups in total. The van der Waals surface area contributed by atoms with E-state index in [4.69, 9.17) is 4.74 Å². The van der Waals surface area contributed by atoms with Crippen LogP contribution in [0.25, 0.3) is 0 Å². The van der Waals surface area contributed by atoms with Gasteiger partial charge in [0, 0.05) is 6.07 Å². The molecule has 0 unspecified atom stereocenters. The molecule has 0 bridgehead atoms. The summed E-state index contributed by atoms with van der Waals surface area (Å²) in [5, 5.41) is 0. The summed E-state index contributed by atoms with van der Waals surface area (Å²) < 4.78 is 45.6. The second-order valence-corrected chi connectivity index (χ2v) is 4.23. The first-order valence-electron chi connectivity index (χ1n) is 5.78. The molecule has 0 radical (unpaired) electrons. The molecule has 0 aliphatic heterocycles. The molecule has 0 atom stereocenters. The Morgan fingerprint density at radius 2 is 1.75 bits per heavy atom. The van der Waals surface area contributed by atoms with Gasteiger partial charge in [0.2, 0.25) is 0 Å². The van der Waals surface area contributed by atoms with Crippen molar-refractivity contribution in [3.05, 3.63) is 64.5 Å². The third-order valence-corrected chi connectivity index (χ3v) is 2.92. The molecule has 0 spiro atoms. The lowest BCUT2D eigenvalue weighted by molar-refractivity contribution is 0.103. The molecule has 2 rings (SSSR count). The Kier molecular flexibility index (Phi) is 3.79. The van der Waals surface area contributed by atoms with Crippen LogP contribution < -0.4 is 4.74 Å². The van der Waals surface area contributed by atoms with Crippen LogP contribution in [0.2, 0.25) is 0 Å². The lowest BCUT2D eigenvalue weighted by Crippen LogP contribution is -2.09. The molecule has 0 amide bonds. The molecular weight excluding hydrogens is 269 g/mol. The number of carbonyl (C=O) groups excluding carboxylic acids is 1. The van der Waals surface area contributed by atoms with Gasteiger partial charge in [0.15, 0.2) is 17.3 Å². The second-order valence-electron chi connectivity index (χ2n) is 4.23. The quantitative estimate of drug-likeness (QED) is 0.802. The van der Waals surface area contributed by atoms with Crippen molar-refractivity contribution >= 4 is 5.78 Å². The predicted octanol–water partition coefficient (Wildman–Crippen LogP) is 3.65. The number of hydrogen-bond acceptors (Lipinski definition) is 2. The number of carbonyl (C=O) groups is 1. The first-order chi connectivity index (χ1) is 9.45. The summed E-state index contributed by atoms with van der Waals surface area (Å²) >= 11 is 0. The van der Waals surface area contributed by atoms with Gasteiger partial charge >= 0.3 is 0 Å². The third-order valence-electron chi connectivity index (χ3n) is 2.92. The van der Waals surface area contributed by atoms with Crippen LogP contribution in [0.3, 0.4) is 0 Å². The van der Waals surface area contributed by atoms with Gasteiger partial charge in [0.25, 0.3) is 0 Å². The lowest BCUT2D eigenvalue weighted by Gasteiger charge is -2.08. The van der Waals surface area contributed by atoms with E-state index in [0.717, 1.165) is 6.07 Å². The average molecular weight is 280 g/mol. The molecule has 0 saturated carbocycles. The predicted molar refractivity (Wildman–Crippen MR) is 67.5 cm³/mol. The van der Waals surface area contributed by atoms with E-state index in [-0.39, 0.29) is 22.4 Å². The molecule has 2 aromatic rings. The maximum Gasteiger partial charge on any atom is 0.199 e. The van der Waals surface area contributed by atoms with Crippen molar-refractivity contribution in [3.8, 4) is 5.75 Å². The van der Waals surface area contributed by atoms with Crippen LogP contribution in [-0.4, -0.2) is 12.9 Å². The van der Waals surface area contributed by atoms with Crippen LogP contribution >= 0.6 is 0 Å². The van der Waals surface area contributed by atoms with Crippen LogP contribution in [0.1, 0.15) is 21.5 Å². The molecule has 20 heavy (non-hydrogen) atoms. The van der Waals surface area contributed by atoms with E-state index in [9.17, 15) is 18.0 Å². The number of halogens is 3. The third kappa shape index (κ3) is 2.39. The molecule has 0 heterocycles. The first kappa shape index (κ1) is 14.1. The summed E-state index contributed by atoms with van der Waals surface area (Å²) in [6, 6.07) is 5.66. The Bertz CT molecular complexity index is 681. The van der Waals surface area contributed by atoms with Crippen molar-refractivity contribution in [2.24, 2.45) is 0 Å². The maximum atomic E-state index is 14.0. The van der Waals surface area contributed by atoms with Crippen LogP contribution in [0, 0.1) is 24.4 Å². The van der Waals surface area contributed by atoms with Crippen molar-refractivity contribution < 1.29 is 22.7 Å². The van der Waals surface area contributed by atoms with Gasteiger partial charge in [-0.3, -0.25) is 4.79 Å². The fourth-order valence-corrected chi connectivity index (χ4v) is 1.82. The zero-order valence-corrected chi connectivity index (χ0v) is 10.8. The minimum Gasteiger partial charge on any atom is -0.494 e. The standard InChI is InChI=1S/C15H11F3O2/c1-8-6-10(12(17)7-11(8)16)15(19)9-4-3-5-13(20-2)14(9)18/h3-7H,1-2H3. The van der Waals surface area contributed by atoms with Gasteiger partial charge in [0.1, 0.15) is 11.6 Å². The van der Waals surface area contributed by atoms with Crippen molar-refractivity contribution in [2.75, 3.05) is 7.11 Å². The lowest BCUT2D eigenvalue weighted by atomic mass is 10.00. The van der Waals surface area contributed by atoms with Crippen LogP contribution in [0.5, 0.6) is 5.75 Å². The minimum absolute atomic E-state index is 0.109. The topological polar surface area (TPSA) is 26.3 Å². The van der Waals surface area contributed by atoms with E-state index < -0.39 is 23.2 Å². The molecule has 0 aliphatic carbocycles. The van der Waals surface area contributed by atoms with Crippen molar-refractivity contribution in [2.45, 2.75) is 6.92 Å². The van der Waals surface area contributed by atoms with E-state index in [2.05, 4.69) is 0 Å². The molecule has 5 heteroatoms. The summed E-state index contributed by atoms with van der Waals surface area (Å²) in [4.78, 5) is 12.2. The molecule has 104 valence electrons. The second kappa shape index (κ2) is 5.36. The van der Waals surface area contributed by atoms with E-state index >= 15 is 0 Å². The fourth-order valence-electron chi connectivity index (χ4n) is 1.82. The summed E-state index contributed by atoms with van der Waals surface area (Å²) in [6.45, 7) is 1.40. The van der Waals surface area contributed by atoms with E-state index in [1.165, 1.54) is 32.2 Å². The van der Waals surface area contributed by atoms with Crippen LogP contribution in [0.4, 0.5) is 13.2 Å². The highest BCUT2D eigenvalue weighted by atomic mass is 19.1. The van der Waals surface area contributed by atoms with E-state index in [1.807, 2.05) is 0 Å². The number of rotatable bonds is 3. The molecule has 2 aromatic carbocycles. The normalized spacial score (nSPS) is 10.4. The average Bonchev–Trinajstić information content (AvgIpc) is 2.42. The summed E-state index contributed by atoms with van der Waals surface area (Å²) in [5.41, 5.74) is -0.594. The van der Waals surface area contributed by atoms with Gasteiger partial charge in [-0.2, -0.15) is 0 Å². The number of hydrogen-bond donors (Lipinski definition) is 0. The number of methoxy groups -OCH3 is 1. The molecule has 0 aromatic heterocycles. The SMILES string of the molecule is COc1cccc(C(=O)c2cc(C)c(F)cc2F)c1F. The highest BCUT2D eigenvalue weighted by Gasteiger charge is 2.21.